The van der Waals surface area contributed by atoms with Gasteiger partial charge in [-0.2, -0.15) is 8.78 Å². The van der Waals surface area contributed by atoms with Crippen LogP contribution < -0.4 is 4.74 Å². The third-order valence-corrected chi connectivity index (χ3v) is 4.02. The zero-order valence-corrected chi connectivity index (χ0v) is 12.2. The number of aromatic nitrogens is 4. The normalized spacial score (nSPS) is 14.3. The molecule has 0 N–H and O–H groups in total. The van der Waals surface area contributed by atoms with Gasteiger partial charge in [0.05, 0.1) is 11.8 Å². The van der Waals surface area contributed by atoms with E-state index < -0.39 is 6.61 Å². The van der Waals surface area contributed by atoms with Crippen molar-refractivity contribution in [1.29, 1.82) is 0 Å². The van der Waals surface area contributed by atoms with E-state index in [4.69, 9.17) is 0 Å². The maximum absolute atomic E-state index is 12.1. The minimum absolute atomic E-state index is 0.0249. The first-order valence-electron chi connectivity index (χ1n) is 6.62. The highest BCUT2D eigenvalue weighted by Gasteiger charge is 2.28. The molecule has 6 nitrogen and oxygen atoms in total. The van der Waals surface area contributed by atoms with Crippen molar-refractivity contribution in [2.45, 2.75) is 30.7 Å². The zero-order valence-electron chi connectivity index (χ0n) is 11.4. The molecule has 0 spiro atoms. The lowest BCUT2D eigenvalue weighted by Gasteiger charge is -2.05. The molecule has 1 saturated carbocycles. The van der Waals surface area contributed by atoms with Crippen LogP contribution >= 0.6 is 11.8 Å². The molecule has 0 amide bonds. The lowest BCUT2D eigenvalue weighted by atomic mass is 10.1. The van der Waals surface area contributed by atoms with Gasteiger partial charge in [0.25, 0.3) is 0 Å². The quantitative estimate of drug-likeness (QED) is 0.575. The summed E-state index contributed by atoms with van der Waals surface area (Å²) in [6.45, 7) is -2.88. The Bertz CT molecular complexity index is 658. The summed E-state index contributed by atoms with van der Waals surface area (Å²) in [6, 6.07) is 5.96. The summed E-state index contributed by atoms with van der Waals surface area (Å²) in [6.07, 6.45) is 2.11. The maximum atomic E-state index is 12.1. The fraction of sp³-hybridized carbons (Fsp3) is 0.385. The van der Waals surface area contributed by atoms with Gasteiger partial charge < -0.3 is 4.74 Å². The molecule has 3 rings (SSSR count). The molecule has 22 heavy (non-hydrogen) atoms. The van der Waals surface area contributed by atoms with Crippen molar-refractivity contribution in [1.82, 2.24) is 20.2 Å². The van der Waals surface area contributed by atoms with E-state index in [9.17, 15) is 13.6 Å². The third-order valence-electron chi connectivity index (χ3n) is 3.09. The van der Waals surface area contributed by atoms with Crippen LogP contribution in [0, 0.1) is 0 Å². The van der Waals surface area contributed by atoms with E-state index in [0.29, 0.717) is 16.8 Å². The average molecular weight is 326 g/mol. The Labute approximate surface area is 128 Å². The molecule has 0 saturated heterocycles. The first-order chi connectivity index (χ1) is 10.6. The largest absolute Gasteiger partial charge is 0.435 e. The van der Waals surface area contributed by atoms with Crippen LogP contribution in [0.5, 0.6) is 5.75 Å². The number of Topliss-reactive ketones (excluding diaryl/α,β-unsaturated/α-hetero) is 1. The smallest absolute Gasteiger partial charge is 0.387 e. The topological polar surface area (TPSA) is 69.9 Å². The van der Waals surface area contributed by atoms with Crippen molar-refractivity contribution >= 4 is 17.5 Å². The molecule has 1 fully saturated rings. The molecule has 1 aromatic carbocycles. The fourth-order valence-electron chi connectivity index (χ4n) is 1.86. The predicted octanol–water partition coefficient (Wildman–Crippen LogP) is 2.58. The van der Waals surface area contributed by atoms with Gasteiger partial charge in [-0.25, -0.2) is 4.68 Å². The molecule has 0 unspecified atom stereocenters. The minimum Gasteiger partial charge on any atom is -0.435 e. The monoisotopic (exact) mass is 326 g/mol. The van der Waals surface area contributed by atoms with E-state index in [1.807, 2.05) is 0 Å². The number of carbonyl (C=O) groups excluding carboxylic acids is 1. The number of thioether (sulfide) groups is 1. The highest BCUT2D eigenvalue weighted by Crippen LogP contribution is 2.36. The van der Waals surface area contributed by atoms with Gasteiger partial charge in [0.2, 0.25) is 5.16 Å². The molecule has 9 heteroatoms. The van der Waals surface area contributed by atoms with Gasteiger partial charge >= 0.3 is 6.61 Å². The van der Waals surface area contributed by atoms with Crippen LogP contribution in [0.15, 0.2) is 29.4 Å². The van der Waals surface area contributed by atoms with Crippen LogP contribution in [0.4, 0.5) is 8.78 Å². The second kappa shape index (κ2) is 6.39. The number of ketones is 1. The van der Waals surface area contributed by atoms with Gasteiger partial charge in [-0.05, 0) is 47.5 Å². The molecule has 1 aromatic heterocycles. The molecule has 1 aliphatic rings. The Morgan fingerprint density at radius 1 is 1.36 bits per heavy atom. The Kier molecular flexibility index (Phi) is 4.32. The molecule has 0 atom stereocenters. The van der Waals surface area contributed by atoms with Crippen LogP contribution in [0.3, 0.4) is 0 Å². The lowest BCUT2D eigenvalue weighted by molar-refractivity contribution is -0.0498. The van der Waals surface area contributed by atoms with Gasteiger partial charge in [-0.1, -0.05) is 11.8 Å². The number of rotatable bonds is 7. The summed E-state index contributed by atoms with van der Waals surface area (Å²) < 4.78 is 30.1. The summed E-state index contributed by atoms with van der Waals surface area (Å²) in [5.41, 5.74) is 0.430. The molecule has 1 heterocycles. The van der Waals surface area contributed by atoms with Crippen LogP contribution in [0.25, 0.3) is 0 Å². The summed E-state index contributed by atoms with van der Waals surface area (Å²) >= 11 is 1.27. The van der Waals surface area contributed by atoms with Crippen LogP contribution in [-0.4, -0.2) is 38.4 Å². The Morgan fingerprint density at radius 3 is 2.73 bits per heavy atom. The minimum atomic E-state index is -2.88. The molecule has 0 bridgehead atoms. The number of ether oxygens (including phenoxy) is 1. The van der Waals surface area contributed by atoms with Crippen molar-refractivity contribution in [2.75, 3.05) is 5.75 Å². The van der Waals surface area contributed by atoms with Gasteiger partial charge in [-0.3, -0.25) is 4.79 Å². The molecular formula is C13H12F2N4O2S. The third kappa shape index (κ3) is 3.59. The number of halogens is 2. The Hall–Kier alpha value is -2.03. The van der Waals surface area contributed by atoms with Crippen molar-refractivity contribution in [3.05, 3.63) is 29.8 Å². The van der Waals surface area contributed by atoms with E-state index in [2.05, 4.69) is 20.3 Å². The van der Waals surface area contributed by atoms with E-state index in [1.54, 1.807) is 4.68 Å². The summed E-state index contributed by atoms with van der Waals surface area (Å²) in [5.74, 6) is 0.0816. The first kappa shape index (κ1) is 14.9. The number of alkyl halides is 2. The van der Waals surface area contributed by atoms with E-state index in [1.165, 1.54) is 36.0 Å². The van der Waals surface area contributed by atoms with Crippen molar-refractivity contribution in [3.8, 4) is 5.75 Å². The Balaban J connectivity index is 1.58. The number of benzene rings is 1. The van der Waals surface area contributed by atoms with Crippen LogP contribution in [0.2, 0.25) is 0 Å². The molecular weight excluding hydrogens is 314 g/mol. The fourth-order valence-corrected chi connectivity index (χ4v) is 2.70. The molecule has 0 aliphatic heterocycles. The maximum Gasteiger partial charge on any atom is 0.387 e. The van der Waals surface area contributed by atoms with Crippen LogP contribution in [0.1, 0.15) is 29.2 Å². The lowest BCUT2D eigenvalue weighted by Crippen LogP contribution is -2.06. The van der Waals surface area contributed by atoms with E-state index in [0.717, 1.165) is 12.8 Å². The highest BCUT2D eigenvalue weighted by atomic mass is 32.2. The summed E-state index contributed by atoms with van der Waals surface area (Å²) in [7, 11) is 0. The Morgan fingerprint density at radius 2 is 2.09 bits per heavy atom. The number of hydrogen-bond donors (Lipinski definition) is 0. The number of tetrazole rings is 1. The van der Waals surface area contributed by atoms with Crippen molar-refractivity contribution in [3.63, 3.8) is 0 Å². The predicted molar refractivity (Wildman–Crippen MR) is 74.2 cm³/mol. The van der Waals surface area contributed by atoms with Gasteiger partial charge in [0.15, 0.2) is 5.78 Å². The van der Waals surface area contributed by atoms with Crippen molar-refractivity contribution < 1.29 is 18.3 Å². The zero-order chi connectivity index (χ0) is 15.5. The van der Waals surface area contributed by atoms with Gasteiger partial charge in [0.1, 0.15) is 5.75 Å². The SMILES string of the molecule is O=C(CSc1nnnn1C1CC1)c1ccc(OC(F)F)cc1. The van der Waals surface area contributed by atoms with Crippen molar-refractivity contribution in [2.24, 2.45) is 0 Å². The molecule has 0 radical (unpaired) electrons. The number of nitrogens with zero attached hydrogens (tertiary/aromatic N) is 4. The number of hydrogen-bond acceptors (Lipinski definition) is 6. The average Bonchev–Trinajstić information content (AvgIpc) is 3.23. The molecule has 2 aromatic rings. The molecule has 116 valence electrons. The highest BCUT2D eigenvalue weighted by molar-refractivity contribution is 7.99. The summed E-state index contributed by atoms with van der Waals surface area (Å²) in [4.78, 5) is 12.1. The summed E-state index contributed by atoms with van der Waals surface area (Å²) in [5, 5.41) is 12.0. The van der Waals surface area contributed by atoms with E-state index in [-0.39, 0.29) is 17.3 Å². The van der Waals surface area contributed by atoms with Gasteiger partial charge in [0, 0.05) is 5.56 Å². The van der Waals surface area contributed by atoms with E-state index >= 15 is 0 Å². The standard InChI is InChI=1S/C13H12F2N4O2S/c14-12(15)21-10-5-1-8(2-6-10)11(20)7-22-13-16-17-18-19(13)9-3-4-9/h1-2,5-6,9,12H,3-4,7H2. The van der Waals surface area contributed by atoms with Gasteiger partial charge in [-0.15, -0.1) is 5.10 Å². The first-order valence-corrected chi connectivity index (χ1v) is 7.61. The molecule has 1 aliphatic carbocycles. The second-order valence-corrected chi connectivity index (χ2v) is 5.69. The number of carbonyl (C=O) groups is 1. The van der Waals surface area contributed by atoms with Crippen LogP contribution in [-0.2, 0) is 0 Å². The second-order valence-electron chi connectivity index (χ2n) is 4.75.